The summed E-state index contributed by atoms with van der Waals surface area (Å²) >= 11 is 0. The van der Waals surface area contributed by atoms with Crippen LogP contribution in [0.5, 0.6) is 5.75 Å². The minimum absolute atomic E-state index is 0.191. The zero-order valence-electron chi connectivity index (χ0n) is 16.3. The Balaban J connectivity index is 1.79. The summed E-state index contributed by atoms with van der Waals surface area (Å²) in [5.41, 5.74) is 2.69. The summed E-state index contributed by atoms with van der Waals surface area (Å²) in [6, 6.07) is 23.9. The lowest BCUT2D eigenvalue weighted by Crippen LogP contribution is -2.45. The molecule has 0 fully saturated rings. The number of aliphatic hydroxyl groups excluding tert-OH is 1. The van der Waals surface area contributed by atoms with Gasteiger partial charge in [0.2, 0.25) is 0 Å². The zero-order chi connectivity index (χ0) is 20.2. The van der Waals surface area contributed by atoms with E-state index in [4.69, 9.17) is 4.74 Å². The average Bonchev–Trinajstić information content (AvgIpc) is 2.75. The minimum atomic E-state index is -0.732. The summed E-state index contributed by atoms with van der Waals surface area (Å²) in [6.45, 7) is 0.930. The third kappa shape index (κ3) is 4.11. The summed E-state index contributed by atoms with van der Waals surface area (Å²) in [6.07, 6.45) is -0.923. The summed E-state index contributed by atoms with van der Waals surface area (Å²) in [7, 11) is 1.80. The molecule has 0 aliphatic carbocycles. The molecule has 0 radical (unpaired) electrons. The fraction of sp³-hybridized carbons (Fsp3) is 0.250. The molecule has 3 aromatic rings. The van der Waals surface area contributed by atoms with Crippen molar-refractivity contribution in [2.24, 2.45) is 0 Å². The van der Waals surface area contributed by atoms with Crippen LogP contribution >= 0.6 is 0 Å². The molecule has 3 atom stereocenters. The van der Waals surface area contributed by atoms with Gasteiger partial charge < -0.3 is 20.1 Å². The lowest BCUT2D eigenvalue weighted by molar-refractivity contribution is 0.124. The number of para-hydroxylation sites is 2. The quantitative estimate of drug-likeness (QED) is 0.663. The SMILES string of the molecule is CNC[C@@H](O)C(c1cccc(F)c1)N1CC(c2ccccc2)Oc2ccccc21. The van der Waals surface area contributed by atoms with Gasteiger partial charge in [0, 0.05) is 6.54 Å². The first-order valence-corrected chi connectivity index (χ1v) is 9.83. The van der Waals surface area contributed by atoms with E-state index in [0.29, 0.717) is 13.1 Å². The van der Waals surface area contributed by atoms with E-state index in [0.717, 1.165) is 22.6 Å². The fourth-order valence-electron chi connectivity index (χ4n) is 3.99. The van der Waals surface area contributed by atoms with E-state index in [1.807, 2.05) is 60.7 Å². The molecule has 2 N–H and O–H groups in total. The van der Waals surface area contributed by atoms with Crippen molar-refractivity contribution < 1.29 is 14.2 Å². The normalized spacial score (nSPS) is 17.9. The van der Waals surface area contributed by atoms with Crippen molar-refractivity contribution in [3.63, 3.8) is 0 Å². The van der Waals surface area contributed by atoms with Crippen LogP contribution in [0.1, 0.15) is 23.3 Å². The number of fused-ring (bicyclic) bond motifs is 1. The molecule has 0 spiro atoms. The Morgan fingerprint density at radius 2 is 1.83 bits per heavy atom. The molecular weight excluding hydrogens is 367 g/mol. The van der Waals surface area contributed by atoms with E-state index in [2.05, 4.69) is 10.2 Å². The topological polar surface area (TPSA) is 44.7 Å². The van der Waals surface area contributed by atoms with Gasteiger partial charge in [-0.05, 0) is 42.4 Å². The Labute approximate surface area is 170 Å². The Bertz CT molecular complexity index is 950. The van der Waals surface area contributed by atoms with Crippen molar-refractivity contribution in [1.29, 1.82) is 0 Å². The van der Waals surface area contributed by atoms with E-state index in [1.165, 1.54) is 12.1 Å². The first-order chi connectivity index (χ1) is 14.2. The van der Waals surface area contributed by atoms with Gasteiger partial charge in [-0.25, -0.2) is 4.39 Å². The second-order valence-electron chi connectivity index (χ2n) is 7.26. The second kappa shape index (κ2) is 8.64. The van der Waals surface area contributed by atoms with Gasteiger partial charge in [0.15, 0.2) is 0 Å². The first kappa shape index (κ1) is 19.4. The molecule has 1 aliphatic heterocycles. The maximum atomic E-state index is 14.0. The number of halogens is 1. The molecule has 150 valence electrons. The highest BCUT2D eigenvalue weighted by Crippen LogP contribution is 2.43. The van der Waals surface area contributed by atoms with Crippen LogP contribution in [0.2, 0.25) is 0 Å². The second-order valence-corrected chi connectivity index (χ2v) is 7.26. The molecule has 0 amide bonds. The van der Waals surface area contributed by atoms with Crippen LogP contribution in [0.4, 0.5) is 10.1 Å². The van der Waals surface area contributed by atoms with Gasteiger partial charge in [0.05, 0.1) is 24.4 Å². The van der Waals surface area contributed by atoms with Crippen LogP contribution < -0.4 is 15.0 Å². The highest BCUT2D eigenvalue weighted by atomic mass is 19.1. The van der Waals surface area contributed by atoms with Gasteiger partial charge >= 0.3 is 0 Å². The summed E-state index contributed by atoms with van der Waals surface area (Å²) in [4.78, 5) is 2.13. The molecule has 4 rings (SSSR count). The summed E-state index contributed by atoms with van der Waals surface area (Å²) < 4.78 is 20.3. The van der Waals surface area contributed by atoms with Crippen LogP contribution in [0.3, 0.4) is 0 Å². The van der Waals surface area contributed by atoms with Crippen LogP contribution in [0, 0.1) is 5.82 Å². The number of nitrogens with zero attached hydrogens (tertiary/aromatic N) is 1. The molecular formula is C24H25FN2O2. The number of ether oxygens (including phenoxy) is 1. The number of anilines is 1. The molecule has 2 unspecified atom stereocenters. The van der Waals surface area contributed by atoms with E-state index in [1.54, 1.807) is 13.1 Å². The Morgan fingerprint density at radius 3 is 2.59 bits per heavy atom. The molecule has 1 aliphatic rings. The maximum absolute atomic E-state index is 14.0. The standard InChI is InChI=1S/C24H25FN2O2/c1-26-15-21(28)24(18-10-7-11-19(25)14-18)27-16-23(17-8-3-2-4-9-17)29-22-13-6-5-12-20(22)27/h2-14,21,23-24,26,28H,15-16H2,1H3/t21-,23?,24?/m1/s1. The van der Waals surface area contributed by atoms with E-state index < -0.39 is 12.1 Å². The number of hydrogen-bond acceptors (Lipinski definition) is 4. The third-order valence-corrected chi connectivity index (χ3v) is 5.28. The van der Waals surface area contributed by atoms with Gasteiger partial charge in [0.1, 0.15) is 17.7 Å². The molecule has 0 bridgehead atoms. The molecule has 5 heteroatoms. The highest BCUT2D eigenvalue weighted by molar-refractivity contribution is 5.62. The van der Waals surface area contributed by atoms with Crippen molar-refractivity contribution in [2.45, 2.75) is 18.2 Å². The fourth-order valence-corrected chi connectivity index (χ4v) is 3.99. The minimum Gasteiger partial charge on any atom is -0.482 e. The zero-order valence-corrected chi connectivity index (χ0v) is 16.3. The van der Waals surface area contributed by atoms with E-state index in [-0.39, 0.29) is 11.9 Å². The number of hydrogen-bond donors (Lipinski definition) is 2. The molecule has 0 saturated heterocycles. The van der Waals surface area contributed by atoms with Crippen LogP contribution in [0.15, 0.2) is 78.9 Å². The summed E-state index contributed by atoms with van der Waals surface area (Å²) in [5.74, 6) is 0.441. The molecule has 0 aromatic heterocycles. The van der Waals surface area contributed by atoms with Gasteiger partial charge in [-0.2, -0.15) is 0 Å². The molecule has 4 nitrogen and oxygen atoms in total. The van der Waals surface area contributed by atoms with E-state index >= 15 is 0 Å². The van der Waals surface area contributed by atoms with Gasteiger partial charge in [-0.1, -0.05) is 54.6 Å². The predicted octanol–water partition coefficient (Wildman–Crippen LogP) is 4.09. The number of benzene rings is 3. The van der Waals surface area contributed by atoms with Crippen molar-refractivity contribution in [2.75, 3.05) is 25.0 Å². The van der Waals surface area contributed by atoms with Gasteiger partial charge in [0.25, 0.3) is 0 Å². The van der Waals surface area contributed by atoms with Crippen LogP contribution in [0.25, 0.3) is 0 Å². The smallest absolute Gasteiger partial charge is 0.143 e. The Kier molecular flexibility index (Phi) is 5.79. The monoisotopic (exact) mass is 392 g/mol. The van der Waals surface area contributed by atoms with Crippen LogP contribution in [-0.2, 0) is 0 Å². The summed E-state index contributed by atoms with van der Waals surface area (Å²) in [5, 5.41) is 14.1. The largest absolute Gasteiger partial charge is 0.482 e. The number of nitrogens with one attached hydrogen (secondary N) is 1. The van der Waals surface area contributed by atoms with Gasteiger partial charge in [-0.15, -0.1) is 0 Å². The number of rotatable bonds is 6. The molecule has 29 heavy (non-hydrogen) atoms. The van der Waals surface area contributed by atoms with Crippen molar-refractivity contribution >= 4 is 5.69 Å². The number of likely N-dealkylation sites (N-methyl/N-ethyl adjacent to an activating group) is 1. The first-order valence-electron chi connectivity index (χ1n) is 9.83. The Morgan fingerprint density at radius 1 is 1.07 bits per heavy atom. The molecule has 3 aromatic carbocycles. The number of aliphatic hydroxyl groups is 1. The average molecular weight is 392 g/mol. The highest BCUT2D eigenvalue weighted by Gasteiger charge is 2.35. The Hall–Kier alpha value is -2.89. The molecule has 0 saturated carbocycles. The maximum Gasteiger partial charge on any atom is 0.143 e. The lowest BCUT2D eigenvalue weighted by atomic mass is 9.96. The van der Waals surface area contributed by atoms with Crippen molar-refractivity contribution in [1.82, 2.24) is 5.32 Å². The van der Waals surface area contributed by atoms with Crippen molar-refractivity contribution in [3.05, 3.63) is 95.8 Å². The van der Waals surface area contributed by atoms with Crippen molar-refractivity contribution in [3.8, 4) is 5.75 Å². The lowest BCUT2D eigenvalue weighted by Gasteiger charge is -2.43. The predicted molar refractivity (Wildman–Crippen MR) is 113 cm³/mol. The van der Waals surface area contributed by atoms with E-state index in [9.17, 15) is 9.50 Å². The molecule has 1 heterocycles. The third-order valence-electron chi connectivity index (χ3n) is 5.28. The van der Waals surface area contributed by atoms with Crippen LogP contribution in [-0.4, -0.2) is 31.3 Å². The van der Waals surface area contributed by atoms with Gasteiger partial charge in [-0.3, -0.25) is 0 Å².